The fourth-order valence-electron chi connectivity index (χ4n) is 2.84. The largest absolute Gasteiger partial charge is 0.370 e. The molecule has 0 spiro atoms. The van der Waals surface area contributed by atoms with Crippen molar-refractivity contribution in [3.05, 3.63) is 71.7 Å². The van der Waals surface area contributed by atoms with Crippen molar-refractivity contribution in [1.82, 2.24) is 14.8 Å². The predicted octanol–water partition coefficient (Wildman–Crippen LogP) is 3.94. The molecule has 2 aromatic heterocycles. The third-order valence-corrected chi connectivity index (χ3v) is 4.23. The highest BCUT2D eigenvalue weighted by atomic mass is 127. The summed E-state index contributed by atoms with van der Waals surface area (Å²) in [5.74, 6) is 1.18. The Balaban J connectivity index is 0.00000261. The summed E-state index contributed by atoms with van der Waals surface area (Å²) >= 11 is 0. The minimum atomic E-state index is 0. The van der Waals surface area contributed by atoms with Crippen LogP contribution in [-0.2, 0) is 19.4 Å². The zero-order valence-electron chi connectivity index (χ0n) is 15.6. The molecule has 0 amide bonds. The van der Waals surface area contributed by atoms with Gasteiger partial charge in [-0.15, -0.1) is 24.0 Å². The van der Waals surface area contributed by atoms with Crippen molar-refractivity contribution >= 4 is 35.6 Å². The monoisotopic (exact) mass is 476 g/mol. The van der Waals surface area contributed by atoms with Crippen LogP contribution in [0.4, 0.5) is 5.69 Å². The lowest BCUT2D eigenvalue weighted by Gasteiger charge is -2.14. The summed E-state index contributed by atoms with van der Waals surface area (Å²) < 4.78 is 1.72. The van der Waals surface area contributed by atoms with Crippen LogP contribution in [0.1, 0.15) is 30.5 Å². The van der Waals surface area contributed by atoms with Crippen molar-refractivity contribution in [3.8, 4) is 5.82 Å². The number of hydrogen-bond donors (Lipinski definition) is 2. The van der Waals surface area contributed by atoms with Crippen LogP contribution in [0.2, 0.25) is 0 Å². The summed E-state index contributed by atoms with van der Waals surface area (Å²) in [6.07, 6.45) is 7.24. The minimum Gasteiger partial charge on any atom is -0.370 e. The average Bonchev–Trinajstić information content (AvgIpc) is 3.21. The van der Waals surface area contributed by atoms with Gasteiger partial charge in [-0.3, -0.25) is 0 Å². The molecule has 1 aromatic carbocycles. The number of nitrogens with one attached hydrogen (secondary N) is 1. The second-order valence-electron chi connectivity index (χ2n) is 5.96. The Morgan fingerprint density at radius 3 is 2.48 bits per heavy atom. The van der Waals surface area contributed by atoms with E-state index in [1.165, 1.54) is 11.1 Å². The van der Waals surface area contributed by atoms with E-state index in [4.69, 9.17) is 5.73 Å². The molecule has 3 rings (SSSR count). The molecule has 7 heteroatoms. The van der Waals surface area contributed by atoms with Crippen LogP contribution >= 0.6 is 24.0 Å². The van der Waals surface area contributed by atoms with Crippen molar-refractivity contribution in [2.45, 2.75) is 33.2 Å². The highest BCUT2D eigenvalue weighted by molar-refractivity contribution is 14.0. The minimum absolute atomic E-state index is 0. The number of anilines is 1. The first-order valence-electron chi connectivity index (χ1n) is 8.84. The normalized spacial score (nSPS) is 11.1. The molecule has 142 valence electrons. The van der Waals surface area contributed by atoms with Gasteiger partial charge in [-0.25, -0.2) is 14.7 Å². The Bertz CT molecular complexity index is 867. The van der Waals surface area contributed by atoms with E-state index in [1.807, 2.05) is 24.4 Å². The predicted molar refractivity (Wildman–Crippen MR) is 121 cm³/mol. The van der Waals surface area contributed by atoms with Gasteiger partial charge in [-0.2, -0.15) is 5.10 Å². The smallest absolute Gasteiger partial charge is 0.193 e. The average molecular weight is 476 g/mol. The molecule has 2 heterocycles. The van der Waals surface area contributed by atoms with Gasteiger partial charge in [0.15, 0.2) is 11.8 Å². The lowest BCUT2D eigenvalue weighted by atomic mass is 10.0. The fraction of sp³-hybridized carbons (Fsp3) is 0.250. The number of para-hydroxylation sites is 1. The van der Waals surface area contributed by atoms with Crippen LogP contribution in [0.5, 0.6) is 0 Å². The summed E-state index contributed by atoms with van der Waals surface area (Å²) in [6, 6.07) is 12.1. The van der Waals surface area contributed by atoms with Crippen LogP contribution in [-0.4, -0.2) is 20.7 Å². The van der Waals surface area contributed by atoms with Gasteiger partial charge in [0.2, 0.25) is 0 Å². The highest BCUT2D eigenvalue weighted by Gasteiger charge is 2.07. The number of halogens is 1. The molecule has 0 atom stereocenters. The van der Waals surface area contributed by atoms with Crippen molar-refractivity contribution in [2.24, 2.45) is 10.7 Å². The van der Waals surface area contributed by atoms with Crippen molar-refractivity contribution in [2.75, 3.05) is 5.32 Å². The number of aryl methyl sites for hydroxylation is 2. The van der Waals surface area contributed by atoms with Crippen molar-refractivity contribution < 1.29 is 0 Å². The lowest BCUT2D eigenvalue weighted by Crippen LogP contribution is -2.24. The Morgan fingerprint density at radius 2 is 1.85 bits per heavy atom. The molecule has 0 saturated heterocycles. The fourth-order valence-corrected chi connectivity index (χ4v) is 2.84. The lowest BCUT2D eigenvalue weighted by molar-refractivity contribution is 0.841. The van der Waals surface area contributed by atoms with E-state index >= 15 is 0 Å². The Morgan fingerprint density at radius 1 is 1.11 bits per heavy atom. The summed E-state index contributed by atoms with van der Waals surface area (Å²) in [5, 5.41) is 7.49. The van der Waals surface area contributed by atoms with Crippen LogP contribution in [0.15, 0.2) is 60.0 Å². The molecule has 3 aromatic rings. The van der Waals surface area contributed by atoms with Crippen LogP contribution in [0, 0.1) is 0 Å². The first-order valence-corrected chi connectivity index (χ1v) is 8.84. The number of rotatable bonds is 6. The maximum atomic E-state index is 6.14. The van der Waals surface area contributed by atoms with Crippen molar-refractivity contribution in [3.63, 3.8) is 0 Å². The quantitative estimate of drug-likeness (QED) is 0.321. The Labute approximate surface area is 176 Å². The summed E-state index contributed by atoms with van der Waals surface area (Å²) in [7, 11) is 0. The molecule has 0 aliphatic rings. The zero-order chi connectivity index (χ0) is 18.4. The Hall–Kier alpha value is -2.42. The number of nitrogens with zero attached hydrogens (tertiary/aromatic N) is 4. The molecular weight excluding hydrogens is 451 g/mol. The van der Waals surface area contributed by atoms with Gasteiger partial charge >= 0.3 is 0 Å². The molecule has 0 aliphatic carbocycles. The Kier molecular flexibility index (Phi) is 7.78. The van der Waals surface area contributed by atoms with E-state index in [1.54, 1.807) is 17.1 Å². The summed E-state index contributed by atoms with van der Waals surface area (Å²) in [5.41, 5.74) is 10.7. The van der Waals surface area contributed by atoms with Gasteiger partial charge in [0, 0.05) is 24.3 Å². The van der Waals surface area contributed by atoms with Gasteiger partial charge in [0.25, 0.3) is 0 Å². The number of aromatic nitrogens is 3. The van der Waals surface area contributed by atoms with E-state index in [0.29, 0.717) is 12.5 Å². The molecular formula is C20H25IN6. The zero-order valence-corrected chi connectivity index (χ0v) is 17.9. The molecule has 0 aliphatic heterocycles. The maximum absolute atomic E-state index is 6.14. The molecule has 0 saturated carbocycles. The third-order valence-electron chi connectivity index (χ3n) is 4.23. The molecule has 0 radical (unpaired) electrons. The third kappa shape index (κ3) is 5.29. The maximum Gasteiger partial charge on any atom is 0.193 e. The van der Waals surface area contributed by atoms with Gasteiger partial charge in [0.1, 0.15) is 0 Å². The summed E-state index contributed by atoms with van der Waals surface area (Å²) in [6.45, 7) is 4.76. The van der Waals surface area contributed by atoms with Crippen molar-refractivity contribution in [1.29, 1.82) is 0 Å². The highest BCUT2D eigenvalue weighted by Crippen LogP contribution is 2.22. The van der Waals surface area contributed by atoms with Gasteiger partial charge in [-0.1, -0.05) is 32.0 Å². The summed E-state index contributed by atoms with van der Waals surface area (Å²) in [4.78, 5) is 8.82. The number of hydrogen-bond acceptors (Lipinski definition) is 3. The molecule has 3 N–H and O–H groups in total. The second kappa shape index (κ2) is 10.1. The van der Waals surface area contributed by atoms with Gasteiger partial charge in [-0.05, 0) is 47.7 Å². The van der Waals surface area contributed by atoms with Crippen LogP contribution < -0.4 is 11.1 Å². The number of benzene rings is 1. The van der Waals surface area contributed by atoms with E-state index in [9.17, 15) is 0 Å². The topological polar surface area (TPSA) is 81.1 Å². The molecule has 0 bridgehead atoms. The SMILES string of the molecule is CCc1cccc(CC)c1NC(N)=NCc1ccnc(-n2cccn2)c1.I. The van der Waals surface area contributed by atoms with E-state index in [-0.39, 0.29) is 24.0 Å². The number of aliphatic imine (C=N–C) groups is 1. The van der Waals surface area contributed by atoms with E-state index < -0.39 is 0 Å². The first-order chi connectivity index (χ1) is 12.7. The number of nitrogens with two attached hydrogens (primary N) is 1. The standard InChI is InChI=1S/C20H24N6.HI/c1-3-16-7-5-8-17(4-2)19(16)25-20(21)23-14-15-9-11-22-18(13-15)26-12-6-10-24-26;/h5-13H,3-4,14H2,1-2H3,(H3,21,23,25);1H. The number of pyridine rings is 1. The number of guanidine groups is 1. The van der Waals surface area contributed by atoms with E-state index in [2.05, 4.69) is 52.4 Å². The molecule has 27 heavy (non-hydrogen) atoms. The van der Waals surface area contributed by atoms with Crippen LogP contribution in [0.25, 0.3) is 5.82 Å². The van der Waals surface area contributed by atoms with Crippen LogP contribution in [0.3, 0.4) is 0 Å². The van der Waals surface area contributed by atoms with E-state index in [0.717, 1.165) is 29.9 Å². The molecule has 0 unspecified atom stereocenters. The first kappa shape index (κ1) is 20.9. The molecule has 6 nitrogen and oxygen atoms in total. The molecule has 0 fully saturated rings. The van der Waals surface area contributed by atoms with Gasteiger partial charge in [0.05, 0.1) is 6.54 Å². The van der Waals surface area contributed by atoms with Gasteiger partial charge < -0.3 is 11.1 Å². The second-order valence-corrected chi connectivity index (χ2v) is 5.96.